The van der Waals surface area contributed by atoms with E-state index in [0.29, 0.717) is 23.7 Å². The van der Waals surface area contributed by atoms with Crippen LogP contribution in [-0.2, 0) is 4.79 Å². The van der Waals surface area contributed by atoms with E-state index in [9.17, 15) is 9.59 Å². The fourth-order valence-corrected chi connectivity index (χ4v) is 4.76. The molecule has 2 aromatic rings. The lowest BCUT2D eigenvalue weighted by atomic mass is 9.86. The van der Waals surface area contributed by atoms with Crippen molar-refractivity contribution in [3.05, 3.63) is 59.7 Å². The van der Waals surface area contributed by atoms with Gasteiger partial charge in [0.15, 0.2) is 0 Å². The SMILES string of the molecule is Cc1ccc(C(=O)N(C)c2ccc(OC(=O)CC3CC4CCC3C4)cc2)cc1. The van der Waals surface area contributed by atoms with Crippen molar-refractivity contribution in [3.8, 4) is 5.75 Å². The molecule has 0 radical (unpaired) electrons. The molecule has 0 spiro atoms. The van der Waals surface area contributed by atoms with Crippen molar-refractivity contribution in [2.75, 3.05) is 11.9 Å². The predicted molar refractivity (Wildman–Crippen MR) is 110 cm³/mol. The fraction of sp³-hybridized carbons (Fsp3) is 0.417. The second-order valence-electron chi connectivity index (χ2n) is 8.34. The molecule has 0 saturated heterocycles. The zero-order chi connectivity index (χ0) is 19.7. The van der Waals surface area contributed by atoms with E-state index in [1.165, 1.54) is 25.7 Å². The molecule has 2 aliphatic rings. The van der Waals surface area contributed by atoms with Crippen molar-refractivity contribution in [1.29, 1.82) is 0 Å². The lowest BCUT2D eigenvalue weighted by Gasteiger charge is -2.20. The maximum atomic E-state index is 12.6. The molecule has 28 heavy (non-hydrogen) atoms. The van der Waals surface area contributed by atoms with Crippen LogP contribution in [-0.4, -0.2) is 18.9 Å². The molecule has 2 aromatic carbocycles. The standard InChI is InChI=1S/C24H27NO3/c1-16-3-6-18(7-4-16)24(27)25(2)21-9-11-22(12-10-21)28-23(26)15-20-14-17-5-8-19(20)13-17/h3-4,6-7,9-12,17,19-20H,5,8,13-15H2,1-2H3. The number of amides is 1. The molecular weight excluding hydrogens is 350 g/mol. The highest BCUT2D eigenvalue weighted by Crippen LogP contribution is 2.49. The normalized spacial score (nSPS) is 22.9. The molecule has 0 aliphatic heterocycles. The minimum Gasteiger partial charge on any atom is -0.427 e. The molecule has 4 nitrogen and oxygen atoms in total. The molecule has 4 heteroatoms. The molecule has 0 heterocycles. The predicted octanol–water partition coefficient (Wildman–Crippen LogP) is 5.00. The first-order valence-corrected chi connectivity index (χ1v) is 10.1. The van der Waals surface area contributed by atoms with Crippen molar-refractivity contribution in [2.24, 2.45) is 17.8 Å². The van der Waals surface area contributed by atoms with Gasteiger partial charge in [-0.3, -0.25) is 9.59 Å². The monoisotopic (exact) mass is 377 g/mol. The number of aryl methyl sites for hydroxylation is 1. The van der Waals surface area contributed by atoms with Crippen LogP contribution in [0.3, 0.4) is 0 Å². The topological polar surface area (TPSA) is 46.6 Å². The fourth-order valence-electron chi connectivity index (χ4n) is 4.76. The zero-order valence-electron chi connectivity index (χ0n) is 16.6. The lowest BCUT2D eigenvalue weighted by Crippen LogP contribution is -2.26. The van der Waals surface area contributed by atoms with Crippen LogP contribution in [0.25, 0.3) is 0 Å². The summed E-state index contributed by atoms with van der Waals surface area (Å²) >= 11 is 0. The lowest BCUT2D eigenvalue weighted by molar-refractivity contribution is -0.135. The van der Waals surface area contributed by atoms with Gasteiger partial charge in [0.1, 0.15) is 5.75 Å². The summed E-state index contributed by atoms with van der Waals surface area (Å²) in [5.74, 6) is 2.39. The van der Waals surface area contributed by atoms with Gasteiger partial charge in [0.2, 0.25) is 0 Å². The Morgan fingerprint density at radius 3 is 2.32 bits per heavy atom. The third-order valence-corrected chi connectivity index (χ3v) is 6.37. The minimum atomic E-state index is -0.144. The van der Waals surface area contributed by atoms with E-state index < -0.39 is 0 Å². The maximum Gasteiger partial charge on any atom is 0.311 e. The minimum absolute atomic E-state index is 0.0685. The van der Waals surface area contributed by atoms with Gasteiger partial charge in [-0.05, 0) is 80.3 Å². The quantitative estimate of drug-likeness (QED) is 0.544. The molecular formula is C24H27NO3. The molecule has 0 aromatic heterocycles. The van der Waals surface area contributed by atoms with Crippen LogP contribution in [0.2, 0.25) is 0 Å². The van der Waals surface area contributed by atoms with Crippen LogP contribution in [0.5, 0.6) is 5.75 Å². The Kier molecular flexibility index (Phi) is 5.21. The number of hydrogen-bond acceptors (Lipinski definition) is 3. The second-order valence-corrected chi connectivity index (χ2v) is 8.34. The first kappa shape index (κ1) is 18.7. The molecule has 0 N–H and O–H groups in total. The Morgan fingerprint density at radius 2 is 1.71 bits per heavy atom. The van der Waals surface area contributed by atoms with Crippen molar-refractivity contribution in [1.82, 2.24) is 0 Å². The molecule has 1 amide bonds. The molecule has 2 saturated carbocycles. The Hall–Kier alpha value is -2.62. The van der Waals surface area contributed by atoms with Crippen LogP contribution in [0.15, 0.2) is 48.5 Å². The molecule has 3 atom stereocenters. The number of fused-ring (bicyclic) bond motifs is 2. The number of hydrogen-bond donors (Lipinski definition) is 0. The molecule has 146 valence electrons. The van der Waals surface area contributed by atoms with Gasteiger partial charge < -0.3 is 9.64 Å². The number of esters is 1. The highest BCUT2D eigenvalue weighted by molar-refractivity contribution is 6.05. The highest BCUT2D eigenvalue weighted by atomic mass is 16.5. The second kappa shape index (κ2) is 7.78. The number of nitrogens with zero attached hydrogens (tertiary/aromatic N) is 1. The third kappa shape index (κ3) is 3.96. The van der Waals surface area contributed by atoms with Gasteiger partial charge >= 0.3 is 5.97 Å². The summed E-state index contributed by atoms with van der Waals surface area (Å²) in [4.78, 5) is 26.5. The van der Waals surface area contributed by atoms with Crippen LogP contribution in [0, 0.1) is 24.7 Å². The number of ether oxygens (including phenoxy) is 1. The first-order chi connectivity index (χ1) is 13.5. The van der Waals surface area contributed by atoms with Crippen LogP contribution >= 0.6 is 0 Å². The number of carbonyl (C=O) groups is 2. The Morgan fingerprint density at radius 1 is 1.00 bits per heavy atom. The van der Waals surface area contributed by atoms with E-state index in [1.807, 2.05) is 43.3 Å². The van der Waals surface area contributed by atoms with E-state index in [0.717, 1.165) is 23.1 Å². The van der Waals surface area contributed by atoms with E-state index >= 15 is 0 Å². The largest absolute Gasteiger partial charge is 0.427 e. The average molecular weight is 377 g/mol. The van der Waals surface area contributed by atoms with E-state index in [4.69, 9.17) is 4.74 Å². The Labute approximate surface area is 166 Å². The van der Waals surface area contributed by atoms with Crippen molar-refractivity contribution in [3.63, 3.8) is 0 Å². The molecule has 2 fully saturated rings. The Balaban J connectivity index is 1.34. The summed E-state index contributed by atoms with van der Waals surface area (Å²) in [6.07, 6.45) is 5.62. The number of rotatable bonds is 5. The smallest absolute Gasteiger partial charge is 0.311 e. The summed E-state index contributed by atoms with van der Waals surface area (Å²) in [6, 6.07) is 14.7. The molecule has 3 unspecified atom stereocenters. The van der Waals surface area contributed by atoms with E-state index in [-0.39, 0.29) is 11.9 Å². The van der Waals surface area contributed by atoms with Gasteiger partial charge in [0.05, 0.1) is 0 Å². The van der Waals surface area contributed by atoms with E-state index in [1.54, 1.807) is 24.1 Å². The summed E-state index contributed by atoms with van der Waals surface area (Å²) < 4.78 is 5.53. The number of anilines is 1. The molecule has 4 rings (SSSR count). The number of benzene rings is 2. The van der Waals surface area contributed by atoms with Gasteiger partial charge in [0.25, 0.3) is 5.91 Å². The van der Waals surface area contributed by atoms with Crippen molar-refractivity contribution in [2.45, 2.75) is 39.0 Å². The summed E-state index contributed by atoms with van der Waals surface area (Å²) in [6.45, 7) is 2.00. The zero-order valence-corrected chi connectivity index (χ0v) is 16.6. The summed E-state index contributed by atoms with van der Waals surface area (Å²) in [5.41, 5.74) is 2.53. The van der Waals surface area contributed by atoms with Crippen LogP contribution in [0.4, 0.5) is 5.69 Å². The van der Waals surface area contributed by atoms with Gasteiger partial charge in [-0.25, -0.2) is 0 Å². The van der Waals surface area contributed by atoms with Crippen molar-refractivity contribution < 1.29 is 14.3 Å². The Bertz CT molecular complexity index is 856. The highest BCUT2D eigenvalue weighted by Gasteiger charge is 2.40. The maximum absolute atomic E-state index is 12.6. The van der Waals surface area contributed by atoms with Gasteiger partial charge in [-0.2, -0.15) is 0 Å². The molecule has 2 aliphatic carbocycles. The van der Waals surface area contributed by atoms with Crippen molar-refractivity contribution >= 4 is 17.6 Å². The van der Waals surface area contributed by atoms with Crippen LogP contribution < -0.4 is 9.64 Å². The average Bonchev–Trinajstić information content (AvgIpc) is 3.31. The summed E-state index contributed by atoms with van der Waals surface area (Å²) in [7, 11) is 1.75. The third-order valence-electron chi connectivity index (χ3n) is 6.37. The van der Waals surface area contributed by atoms with Gasteiger partial charge in [0, 0.05) is 24.7 Å². The molecule has 2 bridgehead atoms. The van der Waals surface area contributed by atoms with Gasteiger partial charge in [-0.15, -0.1) is 0 Å². The first-order valence-electron chi connectivity index (χ1n) is 10.1. The summed E-state index contributed by atoms with van der Waals surface area (Å²) in [5, 5.41) is 0. The number of carbonyl (C=O) groups excluding carboxylic acids is 2. The van der Waals surface area contributed by atoms with Crippen LogP contribution in [0.1, 0.15) is 48.0 Å². The van der Waals surface area contributed by atoms with Gasteiger partial charge in [-0.1, -0.05) is 24.1 Å². The van der Waals surface area contributed by atoms with E-state index in [2.05, 4.69) is 0 Å².